The zero-order valence-electron chi connectivity index (χ0n) is 40.0. The molecule has 0 spiro atoms. The van der Waals surface area contributed by atoms with Crippen molar-refractivity contribution in [1.82, 2.24) is 0 Å². The van der Waals surface area contributed by atoms with Crippen molar-refractivity contribution in [2.75, 3.05) is 26.4 Å². The number of ketones is 2. The second-order valence-corrected chi connectivity index (χ2v) is 18.6. The number of unbranched alkanes of at least 4 members (excludes halogenated alkanes) is 8. The molecule has 17 nitrogen and oxygen atoms in total. The molecular weight excluding hydrogens is 885 g/mol. The molecule has 2 fully saturated rings. The zero-order valence-corrected chi connectivity index (χ0v) is 40.0. The second-order valence-electron chi connectivity index (χ2n) is 18.6. The largest absolute Gasteiger partial charge is 0.462 e. The summed E-state index contributed by atoms with van der Waals surface area (Å²) in [6.45, 7) is 2.08. The fourth-order valence-corrected chi connectivity index (χ4v) is 9.14. The summed E-state index contributed by atoms with van der Waals surface area (Å²) >= 11 is 0. The van der Waals surface area contributed by atoms with Crippen molar-refractivity contribution in [1.29, 1.82) is 0 Å². The Morgan fingerprint density at radius 3 is 1.59 bits per heavy atom. The van der Waals surface area contributed by atoms with Crippen LogP contribution in [-0.4, -0.2) is 153 Å². The highest BCUT2D eigenvalue weighted by Crippen LogP contribution is 2.32. The van der Waals surface area contributed by atoms with Crippen molar-refractivity contribution in [3.8, 4) is 0 Å². The highest BCUT2D eigenvalue weighted by Gasteiger charge is 2.48. The van der Waals surface area contributed by atoms with Crippen molar-refractivity contribution in [2.24, 2.45) is 23.7 Å². The van der Waals surface area contributed by atoms with Crippen LogP contribution in [0.5, 0.6) is 0 Å². The molecule has 4 rings (SSSR count). The number of carbonyl (C=O) groups is 4. The number of esters is 2. The van der Waals surface area contributed by atoms with Crippen LogP contribution in [0.4, 0.5) is 0 Å². The number of aliphatic hydroxyl groups is 7. The SMILES string of the molecule is CC/C=C\CC1C(=O)C=CC1CCCCCCCC(=O)OC[C@H](CO[C@@H]1O[C@H](CO[C@H]2O[C@H](CO)[C@H](O)[C@H](O)[C@H]2O)[C@H](O)[C@H](O)[C@H]1O)OC(=O)CCCCCCCC1C=CC(=O)C1C/C=C\CC. The maximum Gasteiger partial charge on any atom is 0.306 e. The van der Waals surface area contributed by atoms with E-state index in [1.165, 1.54) is 0 Å². The number of ether oxygens (including phenoxy) is 6. The van der Waals surface area contributed by atoms with Gasteiger partial charge in [-0.2, -0.15) is 0 Å². The lowest BCUT2D eigenvalue weighted by Gasteiger charge is -2.42. The topological polar surface area (TPSA) is 265 Å². The van der Waals surface area contributed by atoms with Crippen molar-refractivity contribution in [2.45, 2.75) is 197 Å². The molecule has 0 saturated carbocycles. The monoisotopic (exact) mass is 965 g/mol. The van der Waals surface area contributed by atoms with E-state index in [1.54, 1.807) is 12.2 Å². The predicted octanol–water partition coefficient (Wildman–Crippen LogP) is 4.00. The van der Waals surface area contributed by atoms with Gasteiger partial charge in [-0.1, -0.05) is 102 Å². The highest BCUT2D eigenvalue weighted by atomic mass is 16.7. The number of rotatable bonds is 32. The third kappa shape index (κ3) is 18.5. The molecule has 2 saturated heterocycles. The summed E-state index contributed by atoms with van der Waals surface area (Å²) in [5, 5.41) is 72.2. The fourth-order valence-electron chi connectivity index (χ4n) is 9.14. The summed E-state index contributed by atoms with van der Waals surface area (Å²) in [7, 11) is 0. The van der Waals surface area contributed by atoms with Crippen LogP contribution in [0, 0.1) is 23.7 Å². The van der Waals surface area contributed by atoms with Crippen LogP contribution in [0.2, 0.25) is 0 Å². The van der Waals surface area contributed by atoms with Gasteiger partial charge >= 0.3 is 11.9 Å². The van der Waals surface area contributed by atoms with Crippen LogP contribution in [-0.2, 0) is 47.6 Å². The van der Waals surface area contributed by atoms with E-state index in [-0.39, 0.29) is 54.7 Å². The molecule has 0 bridgehead atoms. The molecule has 15 atom stereocenters. The van der Waals surface area contributed by atoms with Crippen LogP contribution >= 0.6 is 0 Å². The molecule has 2 aliphatic carbocycles. The molecule has 0 radical (unpaired) electrons. The lowest BCUT2D eigenvalue weighted by Crippen LogP contribution is -2.61. The van der Waals surface area contributed by atoms with Gasteiger partial charge in [0.05, 0.1) is 19.8 Å². The lowest BCUT2D eigenvalue weighted by atomic mass is 9.87. The van der Waals surface area contributed by atoms with Gasteiger partial charge in [-0.3, -0.25) is 19.2 Å². The van der Waals surface area contributed by atoms with E-state index in [0.29, 0.717) is 12.8 Å². The van der Waals surface area contributed by atoms with Crippen molar-refractivity contribution in [3.05, 3.63) is 48.6 Å². The molecule has 4 unspecified atom stereocenters. The average molecular weight is 965 g/mol. The van der Waals surface area contributed by atoms with E-state index in [9.17, 15) is 54.9 Å². The van der Waals surface area contributed by atoms with Crippen LogP contribution in [0.1, 0.15) is 129 Å². The van der Waals surface area contributed by atoms with Gasteiger partial charge < -0.3 is 64.2 Å². The van der Waals surface area contributed by atoms with E-state index in [2.05, 4.69) is 38.2 Å². The van der Waals surface area contributed by atoms with E-state index in [0.717, 1.165) is 89.9 Å². The van der Waals surface area contributed by atoms with Gasteiger partial charge in [-0.05, 0) is 75.4 Å². The Kier molecular flexibility index (Phi) is 26.3. The molecule has 0 aromatic carbocycles. The molecule has 0 aromatic heterocycles. The number of allylic oxidation sites excluding steroid dienone is 8. The average Bonchev–Trinajstić information content (AvgIpc) is 3.87. The molecule has 2 heterocycles. The Labute approximate surface area is 401 Å². The molecule has 4 aliphatic rings. The first-order chi connectivity index (χ1) is 32.8. The van der Waals surface area contributed by atoms with Crippen LogP contribution < -0.4 is 0 Å². The minimum absolute atomic E-state index is 0.00956. The Bertz CT molecular complexity index is 1630. The van der Waals surface area contributed by atoms with Gasteiger partial charge in [0.1, 0.15) is 55.4 Å². The van der Waals surface area contributed by atoms with E-state index < -0.39 is 99.3 Å². The predicted molar refractivity (Wildman–Crippen MR) is 248 cm³/mol. The minimum Gasteiger partial charge on any atom is -0.462 e. The van der Waals surface area contributed by atoms with E-state index in [1.807, 2.05) is 12.2 Å². The molecule has 2 aliphatic heterocycles. The smallest absolute Gasteiger partial charge is 0.306 e. The first-order valence-corrected chi connectivity index (χ1v) is 25.1. The Hall–Kier alpha value is -3.20. The molecule has 7 N–H and O–H groups in total. The molecular formula is C51H80O17. The van der Waals surface area contributed by atoms with Crippen molar-refractivity contribution >= 4 is 23.5 Å². The summed E-state index contributed by atoms with van der Waals surface area (Å²) in [4.78, 5) is 50.6. The Balaban J connectivity index is 1.23. The van der Waals surface area contributed by atoms with Gasteiger partial charge in [-0.15, -0.1) is 0 Å². The van der Waals surface area contributed by atoms with Gasteiger partial charge in [0.25, 0.3) is 0 Å². The maximum absolute atomic E-state index is 13.1. The second kappa shape index (κ2) is 31.2. The highest BCUT2D eigenvalue weighted by molar-refractivity contribution is 5.95. The first kappa shape index (κ1) is 57.4. The van der Waals surface area contributed by atoms with E-state index in [4.69, 9.17) is 28.4 Å². The molecule has 0 amide bonds. The summed E-state index contributed by atoms with van der Waals surface area (Å²) in [6, 6.07) is 0. The van der Waals surface area contributed by atoms with Crippen LogP contribution in [0.15, 0.2) is 48.6 Å². The van der Waals surface area contributed by atoms with Gasteiger partial charge in [0, 0.05) is 24.7 Å². The van der Waals surface area contributed by atoms with Crippen LogP contribution in [0.3, 0.4) is 0 Å². The molecule has 17 heteroatoms. The van der Waals surface area contributed by atoms with Crippen molar-refractivity contribution < 1.29 is 83.3 Å². The van der Waals surface area contributed by atoms with Crippen molar-refractivity contribution in [3.63, 3.8) is 0 Å². The summed E-state index contributed by atoms with van der Waals surface area (Å²) in [5.74, 6) is -0.138. The first-order valence-electron chi connectivity index (χ1n) is 25.1. The van der Waals surface area contributed by atoms with Gasteiger partial charge in [-0.25, -0.2) is 0 Å². The Morgan fingerprint density at radius 2 is 1.06 bits per heavy atom. The number of aliphatic hydroxyl groups excluding tert-OH is 7. The van der Waals surface area contributed by atoms with Crippen LogP contribution in [0.25, 0.3) is 0 Å². The van der Waals surface area contributed by atoms with Gasteiger partial charge in [0.15, 0.2) is 30.3 Å². The number of hydrogen-bond donors (Lipinski definition) is 7. The normalized spacial score (nSPS) is 32.2. The fraction of sp³-hybridized carbons (Fsp3) is 0.765. The Morgan fingerprint density at radius 1 is 0.588 bits per heavy atom. The summed E-state index contributed by atoms with van der Waals surface area (Å²) in [6.07, 6.45) is 12.4. The molecule has 386 valence electrons. The maximum atomic E-state index is 13.1. The third-order valence-corrected chi connectivity index (χ3v) is 13.3. The number of hydrogen-bond acceptors (Lipinski definition) is 17. The zero-order chi connectivity index (χ0) is 49.4. The third-order valence-electron chi connectivity index (χ3n) is 13.3. The molecule has 0 aromatic rings. The summed E-state index contributed by atoms with van der Waals surface area (Å²) in [5.41, 5.74) is 0. The molecule has 68 heavy (non-hydrogen) atoms. The quantitative estimate of drug-likeness (QED) is 0.0285. The summed E-state index contributed by atoms with van der Waals surface area (Å²) < 4.78 is 33.5. The van der Waals surface area contributed by atoms with E-state index >= 15 is 0 Å². The standard InChI is InChI=1S/C51H80O17/c1-3-5-13-21-36-33(25-27-38(36)53)19-15-9-7-11-17-23-42(55)63-30-35(66-43(56)24-18-12-8-10-16-20-34-26-28-39(54)37(34)22-14-6-4-2)31-64-50-49(62)47(60)45(58)41(68-50)32-65-51-48(61)46(59)44(57)40(29-52)67-51/h5-6,13-14,25-28,33-37,40-41,44-52,57-62H,3-4,7-12,15-24,29-32H2,1-2H3/b13-5-,14-6-/t33?,34?,35-,36?,37?,40-,41-,44+,45+,46+,47+,48-,49-,50-,51+/m1/s1. The lowest BCUT2D eigenvalue weighted by molar-refractivity contribution is -0.332. The van der Waals surface area contributed by atoms with Gasteiger partial charge in [0.2, 0.25) is 0 Å². The minimum atomic E-state index is -1.80. The number of carbonyl (C=O) groups excluding carboxylic acids is 4.